The maximum absolute atomic E-state index is 13.4. The molecule has 13 heteroatoms. The Bertz CT molecular complexity index is 935. The lowest BCUT2D eigenvalue weighted by Crippen LogP contribution is -2.58. The molecule has 0 spiro atoms. The van der Waals surface area contributed by atoms with Crippen LogP contribution in [0.5, 0.6) is 0 Å². The van der Waals surface area contributed by atoms with E-state index >= 15 is 0 Å². The smallest absolute Gasteiger partial charge is 0.374 e. The van der Waals surface area contributed by atoms with E-state index in [9.17, 15) is 29.1 Å². The fraction of sp³-hybridized carbons (Fsp3) is 0.522. The Balaban J connectivity index is 0.00000648. The van der Waals surface area contributed by atoms with E-state index in [2.05, 4.69) is 10.6 Å². The Morgan fingerprint density at radius 3 is 2.36 bits per heavy atom. The highest BCUT2D eigenvalue weighted by atomic mass is 35.5. The van der Waals surface area contributed by atoms with Crippen LogP contribution in [0.25, 0.3) is 0 Å². The fourth-order valence-corrected chi connectivity index (χ4v) is 4.75. The molecule has 11 nitrogen and oxygen atoms in total. The van der Waals surface area contributed by atoms with E-state index in [1.165, 1.54) is 21.6 Å². The molecule has 200 valence electrons. The van der Waals surface area contributed by atoms with Gasteiger partial charge in [0.2, 0.25) is 11.8 Å². The first-order valence-corrected chi connectivity index (χ1v) is 12.4. The Hall–Kier alpha value is -2.83. The summed E-state index contributed by atoms with van der Waals surface area (Å²) in [5.74, 6) is -3.58. The number of ketones is 1. The number of carbonyl (C=O) groups excluding carboxylic acids is 4. The van der Waals surface area contributed by atoms with Gasteiger partial charge in [0.25, 0.3) is 5.78 Å². The molecule has 0 radical (unpaired) electrons. The van der Waals surface area contributed by atoms with Crippen LogP contribution in [-0.4, -0.2) is 94.4 Å². The predicted octanol–water partition coefficient (Wildman–Crippen LogP) is 0.316. The van der Waals surface area contributed by atoms with E-state index in [0.717, 1.165) is 0 Å². The van der Waals surface area contributed by atoms with E-state index in [1.54, 1.807) is 51.2 Å². The zero-order valence-corrected chi connectivity index (χ0v) is 22.1. The summed E-state index contributed by atoms with van der Waals surface area (Å²) in [7, 11) is 1.57. The summed E-state index contributed by atoms with van der Waals surface area (Å²) in [5.41, 5.74) is 6.18. The fourth-order valence-electron chi connectivity index (χ4n) is 3.58. The number of nitrogens with zero attached hydrogens (tertiary/aromatic N) is 2. The van der Waals surface area contributed by atoms with Crippen LogP contribution < -0.4 is 16.4 Å². The first kappa shape index (κ1) is 31.2. The first-order chi connectivity index (χ1) is 16.6. The van der Waals surface area contributed by atoms with E-state index < -0.39 is 47.7 Å². The van der Waals surface area contributed by atoms with Gasteiger partial charge in [-0.25, -0.2) is 9.59 Å². The zero-order valence-electron chi connectivity index (χ0n) is 20.5. The lowest BCUT2D eigenvalue weighted by Gasteiger charge is -2.31. The molecule has 5 N–H and O–H groups in total. The second-order valence-electron chi connectivity index (χ2n) is 8.63. The van der Waals surface area contributed by atoms with Gasteiger partial charge in [0, 0.05) is 32.3 Å². The number of carboxylic acid groups (broad SMARTS) is 1. The third kappa shape index (κ3) is 8.38. The number of carbonyl (C=O) groups is 5. The molecule has 1 fully saturated rings. The van der Waals surface area contributed by atoms with Crippen molar-refractivity contribution >= 4 is 53.8 Å². The largest absolute Gasteiger partial charge is 0.475 e. The van der Waals surface area contributed by atoms with Crippen molar-refractivity contribution in [1.29, 1.82) is 0 Å². The summed E-state index contributed by atoms with van der Waals surface area (Å²) >= 11 is 1.36. The van der Waals surface area contributed by atoms with Gasteiger partial charge in [-0.1, -0.05) is 44.2 Å². The molecule has 1 heterocycles. The van der Waals surface area contributed by atoms with Crippen molar-refractivity contribution in [3.63, 3.8) is 0 Å². The van der Waals surface area contributed by atoms with Crippen LogP contribution >= 0.6 is 24.2 Å². The summed E-state index contributed by atoms with van der Waals surface area (Å²) in [6, 6.07) is 5.22. The highest BCUT2D eigenvalue weighted by Gasteiger charge is 2.40. The number of amides is 4. The van der Waals surface area contributed by atoms with E-state index in [4.69, 9.17) is 5.73 Å². The van der Waals surface area contributed by atoms with Gasteiger partial charge in [-0.15, -0.1) is 24.2 Å². The molecule has 0 aromatic heterocycles. The number of hydrogen-bond donors (Lipinski definition) is 4. The number of likely N-dealkylation sites (N-methyl/N-ethyl adjacent to an activating group) is 1. The molecule has 1 aliphatic rings. The molecular weight excluding hydrogens is 510 g/mol. The topological polar surface area (TPSA) is 162 Å². The minimum absolute atomic E-state index is 0. The van der Waals surface area contributed by atoms with Crippen molar-refractivity contribution in [3.8, 4) is 0 Å². The minimum Gasteiger partial charge on any atom is -0.475 e. The highest BCUT2D eigenvalue weighted by molar-refractivity contribution is 7.99. The van der Waals surface area contributed by atoms with Crippen LogP contribution in [0.2, 0.25) is 0 Å². The van der Waals surface area contributed by atoms with Crippen molar-refractivity contribution in [2.75, 3.05) is 31.8 Å². The van der Waals surface area contributed by atoms with Gasteiger partial charge >= 0.3 is 12.0 Å². The quantitative estimate of drug-likeness (QED) is 0.290. The molecule has 36 heavy (non-hydrogen) atoms. The molecule has 4 amide bonds. The van der Waals surface area contributed by atoms with Crippen LogP contribution in [0.4, 0.5) is 4.79 Å². The van der Waals surface area contributed by atoms with Crippen molar-refractivity contribution < 1.29 is 29.1 Å². The molecule has 0 saturated carbocycles. The van der Waals surface area contributed by atoms with Crippen LogP contribution in [0.15, 0.2) is 30.3 Å². The van der Waals surface area contributed by atoms with Gasteiger partial charge in [-0.3, -0.25) is 14.4 Å². The number of carboxylic acids is 1. The molecule has 0 aliphatic carbocycles. The van der Waals surface area contributed by atoms with Crippen LogP contribution in [0, 0.1) is 5.92 Å². The Labute approximate surface area is 220 Å². The number of hydrogen-bond acceptors (Lipinski definition) is 7. The molecule has 1 saturated heterocycles. The standard InChI is InChI=1S/C23H33N5O6S.ClH/c1-14(2)18(26-23(34)27(3)10-9-24)21(31)28-13-35-12-17(28)20(30)25-16(19(29)22(32)33)11-15-7-5-4-6-8-15;/h4-8,14,16-18H,9-13,24H2,1-3H3,(H,25,30)(H,26,34)(H,32,33);1H/t16-,17-,18-;/m0./s1. The monoisotopic (exact) mass is 543 g/mol. The second-order valence-corrected chi connectivity index (χ2v) is 9.63. The minimum atomic E-state index is -1.65. The maximum Gasteiger partial charge on any atom is 0.374 e. The Kier molecular flexibility index (Phi) is 12.7. The number of nitrogens with one attached hydrogen (secondary N) is 2. The average Bonchev–Trinajstić information content (AvgIpc) is 3.31. The predicted molar refractivity (Wildman–Crippen MR) is 139 cm³/mol. The number of rotatable bonds is 11. The van der Waals surface area contributed by atoms with Gasteiger partial charge in [-0.05, 0) is 11.5 Å². The van der Waals surface area contributed by atoms with Crippen LogP contribution in [0.3, 0.4) is 0 Å². The molecule has 1 aromatic rings. The molecule has 1 aliphatic heterocycles. The summed E-state index contributed by atoms with van der Waals surface area (Å²) in [4.78, 5) is 65.3. The first-order valence-electron chi connectivity index (χ1n) is 11.3. The maximum atomic E-state index is 13.4. The van der Waals surface area contributed by atoms with Gasteiger partial charge in [0.05, 0.1) is 5.88 Å². The summed E-state index contributed by atoms with van der Waals surface area (Å²) < 4.78 is 0. The number of Topliss-reactive ketones (excluding diaryl/α,β-unsaturated/α-hetero) is 1. The van der Waals surface area contributed by atoms with Crippen molar-refractivity contribution in [2.45, 2.75) is 38.4 Å². The normalized spacial score (nSPS) is 16.5. The number of benzene rings is 1. The van der Waals surface area contributed by atoms with Crippen LogP contribution in [0.1, 0.15) is 19.4 Å². The summed E-state index contributed by atoms with van der Waals surface area (Å²) in [6.07, 6.45) is 0.00365. The number of nitrogens with two attached hydrogens (primary N) is 1. The number of aliphatic carboxylic acids is 1. The van der Waals surface area contributed by atoms with Gasteiger partial charge in [0.15, 0.2) is 0 Å². The highest BCUT2D eigenvalue weighted by Crippen LogP contribution is 2.24. The summed E-state index contributed by atoms with van der Waals surface area (Å²) in [6.45, 7) is 4.15. The third-order valence-corrected chi connectivity index (χ3v) is 6.63. The summed E-state index contributed by atoms with van der Waals surface area (Å²) in [5, 5.41) is 14.5. The Morgan fingerprint density at radius 2 is 1.81 bits per heavy atom. The zero-order chi connectivity index (χ0) is 26.1. The van der Waals surface area contributed by atoms with Crippen molar-refractivity contribution in [3.05, 3.63) is 35.9 Å². The van der Waals surface area contributed by atoms with Gasteiger partial charge in [0.1, 0.15) is 18.1 Å². The SMILES string of the molecule is CC(C)[C@H](NC(=O)N(C)CCN)C(=O)N1CSC[C@H]1C(=O)N[C@@H](Cc1ccccc1)C(=O)C(=O)O.Cl. The molecule has 3 atom stereocenters. The Morgan fingerprint density at radius 1 is 1.17 bits per heavy atom. The molecular formula is C23H34ClN5O6S. The molecule has 0 bridgehead atoms. The van der Waals surface area contributed by atoms with Gasteiger partial charge in [-0.2, -0.15) is 0 Å². The molecule has 0 unspecified atom stereocenters. The number of halogens is 1. The number of urea groups is 1. The lowest BCUT2D eigenvalue weighted by atomic mass is 10.0. The average molecular weight is 544 g/mol. The lowest BCUT2D eigenvalue weighted by molar-refractivity contribution is -0.150. The second kappa shape index (κ2) is 14.7. The van der Waals surface area contributed by atoms with Crippen molar-refractivity contribution in [2.24, 2.45) is 11.7 Å². The van der Waals surface area contributed by atoms with E-state index in [0.29, 0.717) is 12.1 Å². The molecule has 1 aromatic carbocycles. The number of thioether (sulfide) groups is 1. The third-order valence-electron chi connectivity index (χ3n) is 5.62. The van der Waals surface area contributed by atoms with Gasteiger partial charge < -0.3 is 31.3 Å². The van der Waals surface area contributed by atoms with E-state index in [1.807, 2.05) is 0 Å². The molecule has 2 rings (SSSR count). The van der Waals surface area contributed by atoms with E-state index in [-0.39, 0.29) is 42.9 Å². The van der Waals surface area contributed by atoms with Crippen molar-refractivity contribution in [1.82, 2.24) is 20.4 Å². The van der Waals surface area contributed by atoms with Crippen LogP contribution in [-0.2, 0) is 25.6 Å².